The maximum Gasteiger partial charge on any atom is 0.337 e. The molecule has 0 aliphatic carbocycles. The molecule has 0 radical (unpaired) electrons. The third-order valence-corrected chi connectivity index (χ3v) is 2.52. The fraction of sp³-hybridized carbons (Fsp3) is 0.143. The number of hydrogen-bond acceptors (Lipinski definition) is 3. The summed E-state index contributed by atoms with van der Waals surface area (Å²) in [6.45, 7) is 3.94. The number of aryl methyl sites for hydroxylation is 2. The molecule has 0 saturated carbocycles. The number of carboxylic acids is 1. The van der Waals surface area contributed by atoms with Crippen molar-refractivity contribution in [3.63, 3.8) is 0 Å². The highest BCUT2D eigenvalue weighted by Crippen LogP contribution is 2.25. The van der Waals surface area contributed by atoms with Gasteiger partial charge in [0.25, 0.3) is 0 Å². The highest BCUT2D eigenvalue weighted by molar-refractivity contribution is 5.87. The molecule has 18 heavy (non-hydrogen) atoms. The van der Waals surface area contributed by atoms with E-state index in [4.69, 9.17) is 9.84 Å². The number of benzene rings is 1. The summed E-state index contributed by atoms with van der Waals surface area (Å²) in [5.74, 6) is 0.0976. The third kappa shape index (κ3) is 2.66. The SMILES string of the molecule is Cc1ccc(Oc2cncc(C(=O)O)c2)c(C)c1. The van der Waals surface area contributed by atoms with Gasteiger partial charge in [0.2, 0.25) is 0 Å². The second-order valence-corrected chi connectivity index (χ2v) is 4.09. The van der Waals surface area contributed by atoms with Gasteiger partial charge in [0.15, 0.2) is 0 Å². The van der Waals surface area contributed by atoms with E-state index in [1.807, 2.05) is 32.0 Å². The number of carbonyl (C=O) groups is 1. The molecule has 4 heteroatoms. The van der Waals surface area contributed by atoms with Gasteiger partial charge in [0.05, 0.1) is 11.8 Å². The summed E-state index contributed by atoms with van der Waals surface area (Å²) in [5.41, 5.74) is 2.25. The highest BCUT2D eigenvalue weighted by Gasteiger charge is 2.07. The number of nitrogens with zero attached hydrogens (tertiary/aromatic N) is 1. The van der Waals surface area contributed by atoms with E-state index in [9.17, 15) is 4.79 Å². The zero-order valence-electron chi connectivity index (χ0n) is 10.2. The summed E-state index contributed by atoms with van der Waals surface area (Å²) in [6, 6.07) is 7.26. The van der Waals surface area contributed by atoms with Crippen LogP contribution < -0.4 is 4.74 Å². The molecule has 0 aliphatic rings. The van der Waals surface area contributed by atoms with Gasteiger partial charge < -0.3 is 9.84 Å². The number of hydrogen-bond donors (Lipinski definition) is 1. The molecule has 0 spiro atoms. The molecule has 0 unspecified atom stereocenters. The first-order valence-corrected chi connectivity index (χ1v) is 5.50. The van der Waals surface area contributed by atoms with Crippen LogP contribution in [-0.2, 0) is 0 Å². The number of rotatable bonds is 3. The Morgan fingerprint density at radius 3 is 2.67 bits per heavy atom. The first-order valence-electron chi connectivity index (χ1n) is 5.50. The maximum atomic E-state index is 10.8. The van der Waals surface area contributed by atoms with Crippen molar-refractivity contribution in [3.05, 3.63) is 53.3 Å². The minimum absolute atomic E-state index is 0.109. The molecule has 1 heterocycles. The van der Waals surface area contributed by atoms with Gasteiger partial charge in [-0.25, -0.2) is 4.79 Å². The van der Waals surface area contributed by atoms with Crippen molar-refractivity contribution in [1.82, 2.24) is 4.98 Å². The molecule has 0 amide bonds. The Morgan fingerprint density at radius 1 is 1.22 bits per heavy atom. The Kier molecular flexibility index (Phi) is 3.28. The quantitative estimate of drug-likeness (QED) is 0.899. The highest BCUT2D eigenvalue weighted by atomic mass is 16.5. The lowest BCUT2D eigenvalue weighted by atomic mass is 10.1. The van der Waals surface area contributed by atoms with Gasteiger partial charge in [0.1, 0.15) is 11.5 Å². The molecule has 0 atom stereocenters. The van der Waals surface area contributed by atoms with Crippen molar-refractivity contribution < 1.29 is 14.6 Å². The van der Waals surface area contributed by atoms with Crippen LogP contribution in [0, 0.1) is 13.8 Å². The van der Waals surface area contributed by atoms with E-state index in [-0.39, 0.29) is 5.56 Å². The maximum absolute atomic E-state index is 10.8. The first-order chi connectivity index (χ1) is 8.56. The molecule has 1 aromatic heterocycles. The molecule has 4 nitrogen and oxygen atoms in total. The molecule has 2 rings (SSSR count). The van der Waals surface area contributed by atoms with Crippen molar-refractivity contribution in [2.45, 2.75) is 13.8 Å². The summed E-state index contributed by atoms with van der Waals surface area (Å²) in [5, 5.41) is 8.87. The minimum Gasteiger partial charge on any atom is -0.478 e. The van der Waals surface area contributed by atoms with Crippen molar-refractivity contribution in [3.8, 4) is 11.5 Å². The van der Waals surface area contributed by atoms with Crippen molar-refractivity contribution in [2.24, 2.45) is 0 Å². The van der Waals surface area contributed by atoms with Gasteiger partial charge in [-0.3, -0.25) is 4.98 Å². The molecular formula is C14H13NO3. The molecule has 92 valence electrons. The molecule has 0 aliphatic heterocycles. The number of pyridine rings is 1. The van der Waals surface area contributed by atoms with E-state index < -0.39 is 5.97 Å². The number of aromatic carboxylic acids is 1. The number of ether oxygens (including phenoxy) is 1. The van der Waals surface area contributed by atoms with Crippen molar-refractivity contribution in [1.29, 1.82) is 0 Å². The van der Waals surface area contributed by atoms with Gasteiger partial charge in [0, 0.05) is 6.20 Å². The lowest BCUT2D eigenvalue weighted by Gasteiger charge is -2.09. The zero-order valence-corrected chi connectivity index (χ0v) is 10.2. The number of carboxylic acid groups (broad SMARTS) is 1. The van der Waals surface area contributed by atoms with Crippen LogP contribution in [0.2, 0.25) is 0 Å². The first kappa shape index (κ1) is 12.1. The largest absolute Gasteiger partial charge is 0.478 e. The third-order valence-electron chi connectivity index (χ3n) is 2.52. The van der Waals surface area contributed by atoms with Crippen LogP contribution in [0.3, 0.4) is 0 Å². The van der Waals surface area contributed by atoms with Crippen LogP contribution >= 0.6 is 0 Å². The molecule has 2 aromatic rings. The second kappa shape index (κ2) is 4.87. The molecule has 0 saturated heterocycles. The molecular weight excluding hydrogens is 230 g/mol. The van der Waals surface area contributed by atoms with Crippen molar-refractivity contribution in [2.75, 3.05) is 0 Å². The van der Waals surface area contributed by atoms with Gasteiger partial charge in [-0.05, 0) is 31.5 Å². The molecule has 0 fully saturated rings. The average Bonchev–Trinajstić information content (AvgIpc) is 2.33. The predicted octanol–water partition coefficient (Wildman–Crippen LogP) is 3.19. The Hall–Kier alpha value is -2.36. The monoisotopic (exact) mass is 243 g/mol. The fourth-order valence-corrected chi connectivity index (χ4v) is 1.63. The summed E-state index contributed by atoms with van der Waals surface area (Å²) in [7, 11) is 0. The van der Waals surface area contributed by atoms with Crippen LogP contribution in [0.4, 0.5) is 0 Å². The Bertz CT molecular complexity index is 593. The van der Waals surface area contributed by atoms with Crippen molar-refractivity contribution >= 4 is 5.97 Å². The van der Waals surface area contributed by atoms with Crippen LogP contribution in [0.15, 0.2) is 36.7 Å². The Balaban J connectivity index is 2.28. The normalized spacial score (nSPS) is 10.1. The van der Waals surface area contributed by atoms with Crippen LogP contribution in [-0.4, -0.2) is 16.1 Å². The van der Waals surface area contributed by atoms with Gasteiger partial charge in [-0.15, -0.1) is 0 Å². The average molecular weight is 243 g/mol. The van der Waals surface area contributed by atoms with E-state index in [1.165, 1.54) is 18.5 Å². The molecule has 0 bridgehead atoms. The predicted molar refractivity (Wildman–Crippen MR) is 67.2 cm³/mol. The van der Waals surface area contributed by atoms with E-state index in [0.717, 1.165) is 11.1 Å². The van der Waals surface area contributed by atoms with Crippen LogP contribution in [0.5, 0.6) is 11.5 Å². The van der Waals surface area contributed by atoms with E-state index in [2.05, 4.69) is 4.98 Å². The van der Waals surface area contributed by atoms with Gasteiger partial charge in [-0.1, -0.05) is 17.7 Å². The summed E-state index contributed by atoms with van der Waals surface area (Å²) < 4.78 is 5.63. The van der Waals surface area contributed by atoms with Crippen LogP contribution in [0.25, 0.3) is 0 Å². The minimum atomic E-state index is -1.02. The van der Waals surface area contributed by atoms with E-state index in [1.54, 1.807) is 0 Å². The zero-order chi connectivity index (χ0) is 13.1. The van der Waals surface area contributed by atoms with E-state index in [0.29, 0.717) is 11.5 Å². The van der Waals surface area contributed by atoms with Crippen LogP contribution in [0.1, 0.15) is 21.5 Å². The van der Waals surface area contributed by atoms with Gasteiger partial charge in [-0.2, -0.15) is 0 Å². The van der Waals surface area contributed by atoms with Gasteiger partial charge >= 0.3 is 5.97 Å². The topological polar surface area (TPSA) is 59.4 Å². The molecule has 1 aromatic carbocycles. The second-order valence-electron chi connectivity index (χ2n) is 4.09. The number of aromatic nitrogens is 1. The summed E-state index contributed by atoms with van der Waals surface area (Å²) >= 11 is 0. The molecule has 1 N–H and O–H groups in total. The Labute approximate surface area is 105 Å². The standard InChI is InChI=1S/C14H13NO3/c1-9-3-4-13(10(2)5-9)18-12-6-11(14(16)17)7-15-8-12/h3-8H,1-2H3,(H,16,17). The van der Waals surface area contributed by atoms with E-state index >= 15 is 0 Å². The smallest absolute Gasteiger partial charge is 0.337 e. The lowest BCUT2D eigenvalue weighted by Crippen LogP contribution is -1.98. The summed E-state index contributed by atoms with van der Waals surface area (Å²) in [4.78, 5) is 14.7. The lowest BCUT2D eigenvalue weighted by molar-refractivity contribution is 0.0696. The Morgan fingerprint density at radius 2 is 2.00 bits per heavy atom. The summed E-state index contributed by atoms with van der Waals surface area (Å²) in [6.07, 6.45) is 2.78. The fourth-order valence-electron chi connectivity index (χ4n) is 1.63.